The zero-order valence-corrected chi connectivity index (χ0v) is 14.0. The van der Waals surface area contributed by atoms with Gasteiger partial charge in [-0.2, -0.15) is 0 Å². The third-order valence-electron chi connectivity index (χ3n) is 4.34. The number of hydrogen-bond acceptors (Lipinski definition) is 2. The maximum atomic E-state index is 12.4. The number of pyridine rings is 1. The minimum Gasteiger partial charge on any atom is -0.497 e. The van der Waals surface area contributed by atoms with Crippen molar-refractivity contribution in [2.24, 2.45) is 0 Å². The Balaban J connectivity index is 2.11. The first-order valence-corrected chi connectivity index (χ1v) is 7.94. The summed E-state index contributed by atoms with van der Waals surface area (Å²) in [5, 5.41) is 1.54. The fourth-order valence-electron chi connectivity index (χ4n) is 3.11. The predicted molar refractivity (Wildman–Crippen MR) is 98.2 cm³/mol. The smallest absolute Gasteiger partial charge is 0.252 e. The quantitative estimate of drug-likeness (QED) is 0.559. The van der Waals surface area contributed by atoms with E-state index >= 15 is 0 Å². The molecule has 24 heavy (non-hydrogen) atoms. The molecule has 2 aromatic carbocycles. The second kappa shape index (κ2) is 5.42. The first kappa shape index (κ1) is 14.8. The standard InChI is InChI=1S/C19H15ClN2O2/c1-10-16(11-3-6-13(24-2)7-4-11)18-17(22-19(10)23)14-9-12(20)5-8-15(14)21-18/h3-9,21H,1-2H3,(H,22,23). The van der Waals surface area contributed by atoms with Gasteiger partial charge >= 0.3 is 0 Å². The van der Waals surface area contributed by atoms with Gasteiger partial charge < -0.3 is 14.7 Å². The molecule has 0 amide bonds. The van der Waals surface area contributed by atoms with Gasteiger partial charge in [0.05, 0.1) is 18.1 Å². The summed E-state index contributed by atoms with van der Waals surface area (Å²) in [6.45, 7) is 1.83. The molecule has 0 aliphatic rings. The van der Waals surface area contributed by atoms with E-state index in [-0.39, 0.29) is 5.56 Å². The van der Waals surface area contributed by atoms with Gasteiger partial charge in [0.15, 0.2) is 0 Å². The maximum Gasteiger partial charge on any atom is 0.252 e. The van der Waals surface area contributed by atoms with Gasteiger partial charge in [-0.15, -0.1) is 0 Å². The van der Waals surface area contributed by atoms with Crippen LogP contribution in [0.3, 0.4) is 0 Å². The van der Waals surface area contributed by atoms with Crippen LogP contribution in [0.5, 0.6) is 5.75 Å². The number of hydrogen-bond donors (Lipinski definition) is 2. The van der Waals surface area contributed by atoms with Crippen LogP contribution >= 0.6 is 11.6 Å². The molecule has 120 valence electrons. The van der Waals surface area contributed by atoms with E-state index in [1.54, 1.807) is 7.11 Å². The Labute approximate surface area is 143 Å². The van der Waals surface area contributed by atoms with Crippen molar-refractivity contribution in [2.75, 3.05) is 7.11 Å². The van der Waals surface area contributed by atoms with Crippen molar-refractivity contribution in [3.8, 4) is 16.9 Å². The lowest BCUT2D eigenvalue weighted by Crippen LogP contribution is -2.10. The monoisotopic (exact) mass is 338 g/mol. The summed E-state index contributed by atoms with van der Waals surface area (Å²) in [6, 6.07) is 13.3. The number of nitrogens with one attached hydrogen (secondary N) is 2. The van der Waals surface area contributed by atoms with Crippen molar-refractivity contribution in [1.82, 2.24) is 9.97 Å². The van der Waals surface area contributed by atoms with Crippen molar-refractivity contribution in [1.29, 1.82) is 0 Å². The zero-order chi connectivity index (χ0) is 16.8. The number of rotatable bonds is 2. The lowest BCUT2D eigenvalue weighted by Gasteiger charge is -2.08. The number of aromatic nitrogens is 2. The van der Waals surface area contributed by atoms with Crippen LogP contribution < -0.4 is 10.3 Å². The number of aromatic amines is 2. The molecule has 0 bridgehead atoms. The third kappa shape index (κ3) is 2.19. The number of H-pyrrole nitrogens is 2. The minimum absolute atomic E-state index is 0.103. The van der Waals surface area contributed by atoms with E-state index in [4.69, 9.17) is 16.3 Å². The van der Waals surface area contributed by atoms with Crippen LogP contribution in [0.4, 0.5) is 0 Å². The second-order valence-corrected chi connectivity index (χ2v) is 6.18. The Morgan fingerprint density at radius 2 is 1.75 bits per heavy atom. The van der Waals surface area contributed by atoms with Gasteiger partial charge in [0, 0.05) is 27.1 Å². The first-order valence-electron chi connectivity index (χ1n) is 7.56. The lowest BCUT2D eigenvalue weighted by atomic mass is 10.00. The molecule has 2 N–H and O–H groups in total. The van der Waals surface area contributed by atoms with Crippen molar-refractivity contribution in [3.05, 3.63) is 63.4 Å². The summed E-state index contributed by atoms with van der Waals surface area (Å²) in [5.41, 5.74) is 5.03. The fraction of sp³-hybridized carbons (Fsp3) is 0.105. The molecule has 4 aromatic rings. The highest BCUT2D eigenvalue weighted by atomic mass is 35.5. The summed E-state index contributed by atoms with van der Waals surface area (Å²) in [4.78, 5) is 18.8. The highest BCUT2D eigenvalue weighted by Crippen LogP contribution is 2.34. The van der Waals surface area contributed by atoms with Gasteiger partial charge in [-0.1, -0.05) is 23.7 Å². The molecular formula is C19H15ClN2O2. The fourth-order valence-corrected chi connectivity index (χ4v) is 3.28. The van der Waals surface area contributed by atoms with Gasteiger partial charge in [0.25, 0.3) is 5.56 Å². The van der Waals surface area contributed by atoms with Crippen molar-refractivity contribution in [2.45, 2.75) is 6.92 Å². The highest BCUT2D eigenvalue weighted by Gasteiger charge is 2.15. The van der Waals surface area contributed by atoms with Crippen molar-refractivity contribution < 1.29 is 4.74 Å². The van der Waals surface area contributed by atoms with E-state index in [9.17, 15) is 4.79 Å². The molecule has 0 aliphatic heterocycles. The number of ether oxygens (including phenoxy) is 1. The summed E-state index contributed by atoms with van der Waals surface area (Å²) < 4.78 is 5.22. The molecule has 0 unspecified atom stereocenters. The van der Waals surface area contributed by atoms with Crippen molar-refractivity contribution in [3.63, 3.8) is 0 Å². The Morgan fingerprint density at radius 3 is 2.46 bits per heavy atom. The Hall–Kier alpha value is -2.72. The molecule has 0 spiro atoms. The lowest BCUT2D eigenvalue weighted by molar-refractivity contribution is 0.415. The normalized spacial score (nSPS) is 11.3. The van der Waals surface area contributed by atoms with Crippen LogP contribution in [-0.4, -0.2) is 17.1 Å². The van der Waals surface area contributed by atoms with E-state index in [0.717, 1.165) is 38.8 Å². The molecule has 5 heteroatoms. The van der Waals surface area contributed by atoms with Crippen LogP contribution in [0, 0.1) is 6.92 Å². The van der Waals surface area contributed by atoms with Crippen LogP contribution in [0.25, 0.3) is 33.1 Å². The number of benzene rings is 2. The Morgan fingerprint density at radius 1 is 1.00 bits per heavy atom. The van der Waals surface area contributed by atoms with Gasteiger partial charge in [-0.3, -0.25) is 4.79 Å². The molecule has 4 nitrogen and oxygen atoms in total. The van der Waals surface area contributed by atoms with Gasteiger partial charge in [0.1, 0.15) is 5.75 Å². The van der Waals surface area contributed by atoms with Gasteiger partial charge in [0.2, 0.25) is 0 Å². The molecule has 0 radical (unpaired) electrons. The Bertz CT molecular complexity index is 1120. The Kier molecular flexibility index (Phi) is 3.36. The average Bonchev–Trinajstić information content (AvgIpc) is 2.93. The van der Waals surface area contributed by atoms with E-state index in [1.807, 2.05) is 49.4 Å². The van der Waals surface area contributed by atoms with Gasteiger partial charge in [-0.05, 0) is 42.8 Å². The number of methoxy groups -OCH3 is 1. The van der Waals surface area contributed by atoms with Gasteiger partial charge in [-0.25, -0.2) is 0 Å². The van der Waals surface area contributed by atoms with Crippen LogP contribution in [-0.2, 0) is 0 Å². The van der Waals surface area contributed by atoms with E-state index in [0.29, 0.717) is 10.6 Å². The number of halogens is 1. The minimum atomic E-state index is -0.103. The van der Waals surface area contributed by atoms with E-state index in [2.05, 4.69) is 9.97 Å². The molecule has 0 saturated heterocycles. The molecule has 2 heterocycles. The van der Waals surface area contributed by atoms with Crippen molar-refractivity contribution >= 4 is 33.5 Å². The summed E-state index contributed by atoms with van der Waals surface area (Å²) in [6.07, 6.45) is 0. The van der Waals surface area contributed by atoms with Crippen LogP contribution in [0.2, 0.25) is 5.02 Å². The molecular weight excluding hydrogens is 324 g/mol. The molecule has 0 fully saturated rings. The van der Waals surface area contributed by atoms with E-state index in [1.165, 1.54) is 0 Å². The first-order chi connectivity index (χ1) is 11.6. The summed E-state index contributed by atoms with van der Waals surface area (Å²) in [7, 11) is 1.63. The molecule has 0 aliphatic carbocycles. The zero-order valence-electron chi connectivity index (χ0n) is 13.2. The topological polar surface area (TPSA) is 57.9 Å². The van der Waals surface area contributed by atoms with Crippen LogP contribution in [0.1, 0.15) is 5.56 Å². The molecule has 4 rings (SSSR count). The SMILES string of the molecule is COc1ccc(-c2c(C)c(=O)[nH]c3c2[nH]c2ccc(Cl)cc23)cc1. The molecule has 0 atom stereocenters. The largest absolute Gasteiger partial charge is 0.497 e. The van der Waals surface area contributed by atoms with Crippen LogP contribution in [0.15, 0.2) is 47.3 Å². The second-order valence-electron chi connectivity index (χ2n) is 5.75. The third-order valence-corrected chi connectivity index (χ3v) is 4.58. The predicted octanol–water partition coefficient (Wildman–Crippen LogP) is 4.65. The average molecular weight is 339 g/mol. The summed E-state index contributed by atoms with van der Waals surface area (Å²) >= 11 is 6.12. The molecule has 0 saturated carbocycles. The summed E-state index contributed by atoms with van der Waals surface area (Å²) in [5.74, 6) is 0.779. The maximum absolute atomic E-state index is 12.4. The van der Waals surface area contributed by atoms with E-state index < -0.39 is 0 Å². The highest BCUT2D eigenvalue weighted by molar-refractivity contribution is 6.31. The molecule has 2 aromatic heterocycles. The number of fused-ring (bicyclic) bond motifs is 3.